The summed E-state index contributed by atoms with van der Waals surface area (Å²) < 4.78 is 0. The van der Waals surface area contributed by atoms with Gasteiger partial charge < -0.3 is 14.7 Å². The maximum Gasteiger partial charge on any atom is 0.0970 e. The Kier molecular flexibility index (Phi) is 21.3. The Morgan fingerprint density at radius 2 is 0.605 bits per heavy atom. The average molecular weight is 1910 g/mol. The molecule has 0 N–H and O–H groups in total. The first-order valence-corrected chi connectivity index (χ1v) is 54.7. The number of anilines is 9. The Balaban J connectivity index is 0.000000111. The van der Waals surface area contributed by atoms with Crippen LogP contribution in [0.4, 0.5) is 51.2 Å². The Morgan fingerprint density at radius 3 is 1.03 bits per heavy atom. The first kappa shape index (κ1) is 91.3. The van der Waals surface area contributed by atoms with Gasteiger partial charge in [-0.15, -0.1) is 0 Å². The van der Waals surface area contributed by atoms with Crippen LogP contribution in [0.3, 0.4) is 0 Å². The van der Waals surface area contributed by atoms with E-state index in [1.165, 1.54) is 245 Å². The number of pyridine rings is 4. The quantitative estimate of drug-likeness (QED) is 0.101. The van der Waals surface area contributed by atoms with Crippen molar-refractivity contribution >= 4 is 73.0 Å². The van der Waals surface area contributed by atoms with Crippen molar-refractivity contribution in [3.63, 3.8) is 0 Å². The van der Waals surface area contributed by atoms with Crippen LogP contribution in [0.2, 0.25) is 0 Å². The molecule has 726 valence electrons. The summed E-state index contributed by atoms with van der Waals surface area (Å²) >= 11 is 0. The summed E-state index contributed by atoms with van der Waals surface area (Å²) in [5.41, 5.74) is 54.3. The third-order valence-electron chi connectivity index (χ3n) is 37.8. The normalized spacial score (nSPS) is 21.1. The summed E-state index contributed by atoms with van der Waals surface area (Å²) in [7, 11) is 0. The van der Waals surface area contributed by atoms with Crippen LogP contribution in [0.1, 0.15) is 259 Å². The van der Waals surface area contributed by atoms with E-state index in [0.29, 0.717) is 0 Å². The molecule has 29 rings (SSSR count). The molecule has 0 radical (unpaired) electrons. The van der Waals surface area contributed by atoms with Gasteiger partial charge in [0.05, 0.1) is 28.6 Å². The van der Waals surface area contributed by atoms with E-state index >= 15 is 0 Å². The number of rotatable bonds is 14. The smallest absolute Gasteiger partial charge is 0.0970 e. The van der Waals surface area contributed by atoms with Crippen molar-refractivity contribution in [3.8, 4) is 78.0 Å². The molecule has 6 bridgehead atoms. The van der Waals surface area contributed by atoms with E-state index in [1.807, 2.05) is 36.9 Å². The van der Waals surface area contributed by atoms with Crippen LogP contribution in [-0.4, -0.2) is 19.9 Å². The van der Waals surface area contributed by atoms with Crippen LogP contribution in [0.15, 0.2) is 340 Å². The van der Waals surface area contributed by atoms with E-state index in [9.17, 15) is 0 Å². The second-order valence-corrected chi connectivity index (χ2v) is 48.4. The molecule has 4 heterocycles. The van der Waals surface area contributed by atoms with Gasteiger partial charge in [0.1, 0.15) is 0 Å². The molecule has 18 aromatic rings. The van der Waals surface area contributed by atoms with E-state index in [4.69, 9.17) is 9.97 Å². The highest BCUT2D eigenvalue weighted by atomic mass is 15.2. The average Bonchev–Trinajstić information content (AvgIpc) is 1.67. The van der Waals surface area contributed by atoms with Crippen molar-refractivity contribution < 1.29 is 0 Å². The predicted molar refractivity (Wildman–Crippen MR) is 612 cm³/mol. The first-order valence-electron chi connectivity index (χ1n) is 54.7. The van der Waals surface area contributed by atoms with Crippen molar-refractivity contribution in [1.82, 2.24) is 19.9 Å². The number of benzene rings is 14. The van der Waals surface area contributed by atoms with Crippen LogP contribution >= 0.6 is 0 Å². The summed E-state index contributed by atoms with van der Waals surface area (Å²) in [6.07, 6.45) is 26.5. The van der Waals surface area contributed by atoms with Gasteiger partial charge in [0.25, 0.3) is 0 Å². The van der Waals surface area contributed by atoms with Gasteiger partial charge in [-0.1, -0.05) is 264 Å². The fourth-order valence-electron chi connectivity index (χ4n) is 30.5. The minimum atomic E-state index is -0.0802. The SMILES string of the molecule is CC1(C)c2ccc(N(c3ccc(-c4ccnc5c4ccc4cccnc45)cc3)c3ccc(-c4cccnc4)nc3)cc2-c2ccc(C3CC4CCC3C4)cc21.CC1(C)c2ccccc2-c2ccc(N(c3ccc4c(c3)C(C)(C)c3ccccc3-4)c3ccc4c(c3)C(C)(C)c3cc(C5CC6CCC5C6)ccc3-4)cc21.Cc1cc(C)cc(N(c2cc(C)cc(C)c2)c2ccc3c(c2)C(C)(C)c2cc(C4CC5CCC4C5)ccc2-3)c1. The highest BCUT2D eigenvalue weighted by Gasteiger charge is 2.48. The van der Waals surface area contributed by atoms with Crippen molar-refractivity contribution in [2.45, 2.75) is 219 Å². The summed E-state index contributed by atoms with van der Waals surface area (Å²) in [5.74, 6) is 7.78. The van der Waals surface area contributed by atoms with Crippen LogP contribution in [0.5, 0.6) is 0 Å². The van der Waals surface area contributed by atoms with E-state index < -0.39 is 0 Å². The highest BCUT2D eigenvalue weighted by molar-refractivity contribution is 6.08. The van der Waals surface area contributed by atoms with E-state index in [2.05, 4.69) is 419 Å². The van der Waals surface area contributed by atoms with Crippen molar-refractivity contribution in [1.29, 1.82) is 0 Å². The molecule has 7 heteroatoms. The van der Waals surface area contributed by atoms with Crippen molar-refractivity contribution in [2.75, 3.05) is 14.7 Å². The maximum absolute atomic E-state index is 4.95. The molecule has 0 spiro atoms. The number of hydrogen-bond acceptors (Lipinski definition) is 7. The fraction of sp³-hybridized carbons (Fsp3) is 0.286. The van der Waals surface area contributed by atoms with Gasteiger partial charge in [0, 0.05) is 114 Å². The number of fused-ring (bicyclic) bond motifs is 24. The second-order valence-electron chi connectivity index (χ2n) is 48.4. The molecular formula is C140H131N7. The number of aromatic nitrogens is 4. The largest absolute Gasteiger partial charge is 0.310 e. The third kappa shape index (κ3) is 14.9. The summed E-state index contributed by atoms with van der Waals surface area (Å²) in [6.45, 7) is 33.0. The molecule has 9 unspecified atom stereocenters. The van der Waals surface area contributed by atoms with E-state index in [1.54, 1.807) is 22.9 Å². The van der Waals surface area contributed by atoms with Gasteiger partial charge in [-0.3, -0.25) is 19.9 Å². The monoisotopic (exact) mass is 1910 g/mol. The van der Waals surface area contributed by atoms with Gasteiger partial charge in [0.15, 0.2) is 0 Å². The lowest BCUT2D eigenvalue weighted by Gasteiger charge is -2.31. The Labute approximate surface area is 868 Å². The number of hydrogen-bond donors (Lipinski definition) is 0. The zero-order valence-electron chi connectivity index (χ0n) is 87.6. The van der Waals surface area contributed by atoms with Gasteiger partial charge in [-0.05, 0) is 434 Å². The molecule has 147 heavy (non-hydrogen) atoms. The molecule has 6 fully saturated rings. The minimum Gasteiger partial charge on any atom is -0.310 e. The molecule has 14 aromatic carbocycles. The standard InChI is InChI=1S/C52H49N.C50H41N5.C38H41N/c1-50(2)44-13-9-7-11-37(44)40-22-18-34(28-47(40)50)53(35-19-23-41-38-12-8-10-14-45(38)51(3,4)48(41)29-35)36-20-24-42-39-21-17-33(43-26-31-15-16-32(43)25-31)27-46(39)52(5,6)49(42)30-36;1-50(2)45-19-15-38(28-44(45)41-17-12-35(27-46(41)50)43-26-31-7-8-34(43)25-31)55(39-16-20-47(54-30-39)36-6-3-22-51-29-36)37-13-9-32(10-14-37)40-21-24-53-49-42(40)18-11-33-5-4-23-52-48(33)49;1-23-13-24(2)16-31(15-23)39(32-17-25(3)14-26(4)18-32)30-10-12-34-33-11-9-29(35-20-27-7-8-28(35)19-27)21-36(33)38(5,6)37(34)22-30/h7-14,17-24,27-32,43H,15-16,25-26H2,1-6H3;3-6,9-24,27-31,34,43H,7-8,25-26H2,1-2H3;9-18,21-22,27-28,35H,7-8,19-20H2,1-6H3. The Bertz CT molecular complexity index is 8220. The zero-order valence-corrected chi connectivity index (χ0v) is 87.6. The van der Waals surface area contributed by atoms with Crippen LogP contribution in [0, 0.1) is 63.2 Å². The highest BCUT2D eigenvalue weighted by Crippen LogP contribution is 2.63. The Hall–Kier alpha value is -14.4. The topological polar surface area (TPSA) is 61.3 Å². The lowest BCUT2D eigenvalue weighted by molar-refractivity contribution is 0.419. The third-order valence-corrected chi connectivity index (χ3v) is 37.8. The van der Waals surface area contributed by atoms with Crippen LogP contribution in [-0.2, 0) is 27.1 Å². The second kappa shape index (κ2) is 34.4. The molecule has 0 aliphatic heterocycles. The molecule has 0 saturated heterocycles. The van der Waals surface area contributed by atoms with Gasteiger partial charge in [0.2, 0.25) is 0 Å². The number of aryl methyl sites for hydroxylation is 4. The molecule has 6 saturated carbocycles. The van der Waals surface area contributed by atoms with Gasteiger partial charge in [-0.25, -0.2) is 0 Å². The van der Waals surface area contributed by atoms with Gasteiger partial charge >= 0.3 is 0 Å². The summed E-state index contributed by atoms with van der Waals surface area (Å²) in [4.78, 5) is 26.0. The molecule has 0 amide bonds. The number of nitrogens with zero attached hydrogens (tertiary/aromatic N) is 7. The molecule has 11 aliphatic carbocycles. The maximum atomic E-state index is 4.95. The molecule has 7 nitrogen and oxygen atoms in total. The Morgan fingerprint density at radius 1 is 0.231 bits per heavy atom. The van der Waals surface area contributed by atoms with Crippen LogP contribution < -0.4 is 14.7 Å². The first-order chi connectivity index (χ1) is 71.2. The zero-order chi connectivity index (χ0) is 99.7. The molecular weight excluding hydrogens is 1780 g/mol. The van der Waals surface area contributed by atoms with E-state index in [-0.39, 0.29) is 27.1 Å². The molecule has 9 atom stereocenters. The van der Waals surface area contributed by atoms with E-state index in [0.717, 1.165) is 115 Å². The molecule has 4 aromatic heterocycles. The minimum absolute atomic E-state index is 0.0228. The summed E-state index contributed by atoms with van der Waals surface area (Å²) in [5, 5.41) is 2.19. The summed E-state index contributed by atoms with van der Waals surface area (Å²) in [6, 6.07) is 118. The van der Waals surface area contributed by atoms with Crippen molar-refractivity contribution in [2.24, 2.45) is 35.5 Å². The van der Waals surface area contributed by atoms with Gasteiger partial charge in [-0.2, -0.15) is 0 Å². The predicted octanol–water partition coefficient (Wildman–Crippen LogP) is 37.2. The fourth-order valence-corrected chi connectivity index (χ4v) is 30.5. The van der Waals surface area contributed by atoms with Crippen molar-refractivity contribution in [3.05, 3.63) is 435 Å². The lowest BCUT2D eigenvalue weighted by atomic mass is 9.78. The van der Waals surface area contributed by atoms with Crippen LogP contribution in [0.25, 0.3) is 99.8 Å². The molecule has 11 aliphatic rings. The lowest BCUT2D eigenvalue weighted by Crippen LogP contribution is -2.19.